The Labute approximate surface area is 113 Å². The largest absolute Gasteiger partial charge is 0.326 e. The molecular formula is C14H20N2O3. The lowest BCUT2D eigenvalue weighted by Gasteiger charge is -2.04. The predicted octanol–water partition coefficient (Wildman–Crippen LogP) is 3.89. The van der Waals surface area contributed by atoms with Gasteiger partial charge in [0, 0.05) is 24.2 Å². The van der Waals surface area contributed by atoms with E-state index in [9.17, 15) is 14.9 Å². The molecule has 19 heavy (non-hydrogen) atoms. The molecule has 0 aliphatic heterocycles. The number of nitro groups is 1. The van der Waals surface area contributed by atoms with Gasteiger partial charge in [-0.25, -0.2) is 0 Å². The maximum Gasteiger partial charge on any atom is 0.269 e. The summed E-state index contributed by atoms with van der Waals surface area (Å²) in [5.41, 5.74) is 0.627. The van der Waals surface area contributed by atoms with Crippen LogP contribution in [0.5, 0.6) is 0 Å². The van der Waals surface area contributed by atoms with Crippen LogP contribution in [-0.2, 0) is 4.79 Å². The summed E-state index contributed by atoms with van der Waals surface area (Å²) in [6, 6.07) is 5.87. The molecule has 0 aliphatic carbocycles. The number of hydrogen-bond acceptors (Lipinski definition) is 3. The number of anilines is 1. The molecule has 0 bridgehead atoms. The third-order valence-electron chi connectivity index (χ3n) is 2.87. The van der Waals surface area contributed by atoms with E-state index in [1.165, 1.54) is 31.4 Å². The molecule has 5 nitrogen and oxygen atoms in total. The molecule has 0 atom stereocenters. The highest BCUT2D eigenvalue weighted by atomic mass is 16.6. The second-order valence-electron chi connectivity index (χ2n) is 4.52. The molecule has 0 heterocycles. The van der Waals surface area contributed by atoms with Crippen LogP contribution in [0.1, 0.15) is 45.4 Å². The van der Waals surface area contributed by atoms with Gasteiger partial charge in [0.15, 0.2) is 0 Å². The van der Waals surface area contributed by atoms with E-state index in [1.807, 2.05) is 0 Å². The summed E-state index contributed by atoms with van der Waals surface area (Å²) in [5, 5.41) is 13.2. The molecule has 1 rings (SSSR count). The van der Waals surface area contributed by atoms with E-state index in [0.717, 1.165) is 12.8 Å². The van der Waals surface area contributed by atoms with Crippen LogP contribution in [0.3, 0.4) is 0 Å². The Kier molecular flexibility index (Phi) is 6.57. The van der Waals surface area contributed by atoms with E-state index < -0.39 is 4.92 Å². The minimum absolute atomic E-state index is 0.0255. The number of unbranched alkanes of at least 4 members (excludes halogenated alkanes) is 4. The van der Waals surface area contributed by atoms with Crippen molar-refractivity contribution in [2.45, 2.75) is 45.4 Å². The van der Waals surface area contributed by atoms with Crippen LogP contribution in [0.25, 0.3) is 0 Å². The van der Waals surface area contributed by atoms with E-state index >= 15 is 0 Å². The van der Waals surface area contributed by atoms with Crippen LogP contribution in [0.15, 0.2) is 24.3 Å². The molecular weight excluding hydrogens is 244 g/mol. The first kappa shape index (κ1) is 15.1. The molecule has 5 heteroatoms. The Morgan fingerprint density at radius 1 is 1.16 bits per heavy atom. The minimum Gasteiger partial charge on any atom is -0.326 e. The Balaban J connectivity index is 2.30. The number of nitro benzene ring substituents is 1. The summed E-state index contributed by atoms with van der Waals surface area (Å²) in [5.74, 6) is -0.0367. The van der Waals surface area contributed by atoms with Crippen molar-refractivity contribution in [1.82, 2.24) is 0 Å². The zero-order chi connectivity index (χ0) is 14.1. The van der Waals surface area contributed by atoms with Crippen molar-refractivity contribution in [2.75, 3.05) is 5.32 Å². The minimum atomic E-state index is -0.459. The molecule has 1 aromatic rings. The quantitative estimate of drug-likeness (QED) is 0.439. The van der Waals surface area contributed by atoms with Gasteiger partial charge in [-0.05, 0) is 18.6 Å². The fraction of sp³-hybridized carbons (Fsp3) is 0.500. The SMILES string of the molecule is CCCCCCCC(=O)Nc1ccc([N+](=O)[O-])cc1. The second-order valence-corrected chi connectivity index (χ2v) is 4.52. The number of hydrogen-bond donors (Lipinski definition) is 1. The molecule has 1 N–H and O–H groups in total. The Morgan fingerprint density at radius 3 is 2.37 bits per heavy atom. The molecule has 104 valence electrons. The van der Waals surface area contributed by atoms with Gasteiger partial charge in [-0.1, -0.05) is 32.6 Å². The number of nitrogens with zero attached hydrogens (tertiary/aromatic N) is 1. The Hall–Kier alpha value is -1.91. The topological polar surface area (TPSA) is 72.2 Å². The van der Waals surface area contributed by atoms with Gasteiger partial charge >= 0.3 is 0 Å². The number of benzene rings is 1. The summed E-state index contributed by atoms with van der Waals surface area (Å²) in [6.45, 7) is 2.15. The fourth-order valence-corrected chi connectivity index (χ4v) is 1.78. The first-order chi connectivity index (χ1) is 9.13. The molecule has 0 saturated heterocycles. The lowest BCUT2D eigenvalue weighted by atomic mass is 10.1. The van der Waals surface area contributed by atoms with Gasteiger partial charge in [-0.15, -0.1) is 0 Å². The van der Waals surface area contributed by atoms with Crippen LogP contribution >= 0.6 is 0 Å². The van der Waals surface area contributed by atoms with Gasteiger partial charge in [-0.2, -0.15) is 0 Å². The van der Waals surface area contributed by atoms with Crippen LogP contribution in [-0.4, -0.2) is 10.8 Å². The molecule has 0 radical (unpaired) electrons. The van der Waals surface area contributed by atoms with Crippen LogP contribution in [0.4, 0.5) is 11.4 Å². The molecule has 0 saturated carbocycles. The number of nitrogens with one attached hydrogen (secondary N) is 1. The summed E-state index contributed by atoms with van der Waals surface area (Å²) >= 11 is 0. The maximum atomic E-state index is 11.6. The van der Waals surface area contributed by atoms with Crippen molar-refractivity contribution in [3.63, 3.8) is 0 Å². The van der Waals surface area contributed by atoms with Gasteiger partial charge in [-0.3, -0.25) is 14.9 Å². The molecule has 1 aromatic carbocycles. The molecule has 0 unspecified atom stereocenters. The summed E-state index contributed by atoms with van der Waals surface area (Å²) in [6.07, 6.45) is 6.03. The fourth-order valence-electron chi connectivity index (χ4n) is 1.78. The predicted molar refractivity (Wildman–Crippen MR) is 75.1 cm³/mol. The summed E-state index contributed by atoms with van der Waals surface area (Å²) < 4.78 is 0. The number of rotatable bonds is 8. The van der Waals surface area contributed by atoms with Crippen molar-refractivity contribution in [2.24, 2.45) is 0 Å². The van der Waals surface area contributed by atoms with Crippen molar-refractivity contribution in [1.29, 1.82) is 0 Å². The molecule has 0 aliphatic rings. The van der Waals surface area contributed by atoms with Gasteiger partial charge in [0.1, 0.15) is 0 Å². The van der Waals surface area contributed by atoms with Gasteiger partial charge in [0.2, 0.25) is 5.91 Å². The second kappa shape index (κ2) is 8.24. The highest BCUT2D eigenvalue weighted by Crippen LogP contribution is 2.16. The normalized spacial score (nSPS) is 10.2. The number of amides is 1. The summed E-state index contributed by atoms with van der Waals surface area (Å²) in [7, 11) is 0. The van der Waals surface area contributed by atoms with Gasteiger partial charge in [0.05, 0.1) is 4.92 Å². The van der Waals surface area contributed by atoms with Crippen molar-refractivity contribution in [3.8, 4) is 0 Å². The van der Waals surface area contributed by atoms with E-state index in [0.29, 0.717) is 12.1 Å². The maximum absolute atomic E-state index is 11.6. The average Bonchev–Trinajstić information content (AvgIpc) is 2.39. The van der Waals surface area contributed by atoms with E-state index in [4.69, 9.17) is 0 Å². The van der Waals surface area contributed by atoms with Crippen LogP contribution in [0, 0.1) is 10.1 Å². The molecule has 0 spiro atoms. The first-order valence-corrected chi connectivity index (χ1v) is 6.67. The van der Waals surface area contributed by atoms with Crippen LogP contribution < -0.4 is 5.32 Å². The lowest BCUT2D eigenvalue weighted by molar-refractivity contribution is -0.384. The van der Waals surface area contributed by atoms with Gasteiger partial charge < -0.3 is 5.32 Å². The molecule has 0 aromatic heterocycles. The van der Waals surface area contributed by atoms with Crippen molar-refractivity contribution >= 4 is 17.3 Å². The first-order valence-electron chi connectivity index (χ1n) is 6.67. The molecule has 1 amide bonds. The van der Waals surface area contributed by atoms with E-state index in [1.54, 1.807) is 12.1 Å². The van der Waals surface area contributed by atoms with E-state index in [2.05, 4.69) is 12.2 Å². The Morgan fingerprint density at radius 2 is 1.79 bits per heavy atom. The number of carbonyl (C=O) groups excluding carboxylic acids is 1. The standard InChI is InChI=1S/C14H20N2O3/c1-2-3-4-5-6-7-14(17)15-12-8-10-13(11-9-12)16(18)19/h8-11H,2-7H2,1H3,(H,15,17). The van der Waals surface area contributed by atoms with Crippen molar-refractivity contribution in [3.05, 3.63) is 34.4 Å². The zero-order valence-electron chi connectivity index (χ0n) is 11.2. The number of non-ortho nitro benzene ring substituents is 1. The smallest absolute Gasteiger partial charge is 0.269 e. The Bertz CT molecular complexity index is 415. The number of carbonyl (C=O) groups is 1. The van der Waals surface area contributed by atoms with E-state index in [-0.39, 0.29) is 11.6 Å². The average molecular weight is 264 g/mol. The van der Waals surface area contributed by atoms with Crippen LogP contribution in [0.2, 0.25) is 0 Å². The molecule has 0 fully saturated rings. The highest BCUT2D eigenvalue weighted by Gasteiger charge is 2.06. The third-order valence-corrected chi connectivity index (χ3v) is 2.87. The van der Waals surface area contributed by atoms with Gasteiger partial charge in [0.25, 0.3) is 5.69 Å². The summed E-state index contributed by atoms with van der Waals surface area (Å²) in [4.78, 5) is 21.6. The zero-order valence-corrected chi connectivity index (χ0v) is 11.2. The highest BCUT2D eigenvalue weighted by molar-refractivity contribution is 5.90. The van der Waals surface area contributed by atoms with Crippen molar-refractivity contribution < 1.29 is 9.72 Å². The lowest BCUT2D eigenvalue weighted by Crippen LogP contribution is -2.10. The monoisotopic (exact) mass is 264 g/mol. The third kappa shape index (κ3) is 5.99.